The fraction of sp³-hybridized carbons (Fsp3) is 0.737. The zero-order valence-corrected chi connectivity index (χ0v) is 18.4. The number of guanidine groups is 1. The molecule has 2 aliphatic rings. The highest BCUT2D eigenvalue weighted by atomic mass is 127. The smallest absolute Gasteiger partial charge is 0.191 e. The van der Waals surface area contributed by atoms with Crippen LogP contribution in [0.4, 0.5) is 0 Å². The normalized spacial score (nSPS) is 22.3. The summed E-state index contributed by atoms with van der Waals surface area (Å²) in [6.07, 6.45) is 5.39. The Bertz CT molecular complexity index is 541. The van der Waals surface area contributed by atoms with Crippen LogP contribution in [0.1, 0.15) is 25.0 Å². The summed E-state index contributed by atoms with van der Waals surface area (Å²) in [4.78, 5) is 4.81. The summed E-state index contributed by atoms with van der Waals surface area (Å²) in [6, 6.07) is 3.90. The number of nitrogens with one attached hydrogen (secondary N) is 2. The molecule has 0 bridgehead atoms. The Morgan fingerprint density at radius 3 is 2.78 bits per heavy atom. The lowest BCUT2D eigenvalue weighted by Crippen LogP contribution is -2.45. The topological polar surface area (TPSA) is 77.2 Å². The summed E-state index contributed by atoms with van der Waals surface area (Å²) in [5.41, 5.74) is -0.218. The highest BCUT2D eigenvalue weighted by Crippen LogP contribution is 2.24. The molecule has 2 N–H and O–H groups in total. The van der Waals surface area contributed by atoms with Crippen molar-refractivity contribution >= 4 is 29.9 Å². The van der Waals surface area contributed by atoms with Gasteiger partial charge in [-0.1, -0.05) is 0 Å². The molecule has 2 fully saturated rings. The second-order valence-corrected chi connectivity index (χ2v) is 7.03. The van der Waals surface area contributed by atoms with Crippen molar-refractivity contribution in [2.45, 2.75) is 31.3 Å². The quantitative estimate of drug-likeness (QED) is 0.329. The number of nitrogens with zero attached hydrogens (tertiary/aromatic N) is 1. The Morgan fingerprint density at radius 2 is 2.11 bits per heavy atom. The van der Waals surface area contributed by atoms with Gasteiger partial charge in [0.1, 0.15) is 5.76 Å². The average Bonchev–Trinajstić information content (AvgIpc) is 3.38. The molecule has 154 valence electrons. The number of furan rings is 1. The Morgan fingerprint density at radius 1 is 1.26 bits per heavy atom. The molecular weight excluding hydrogens is 461 g/mol. The molecule has 7 nitrogen and oxygen atoms in total. The van der Waals surface area contributed by atoms with Crippen molar-refractivity contribution in [3.05, 3.63) is 24.2 Å². The lowest BCUT2D eigenvalue weighted by atomic mass is 9.94. The van der Waals surface area contributed by atoms with Crippen LogP contribution in [0.15, 0.2) is 27.8 Å². The van der Waals surface area contributed by atoms with Gasteiger partial charge in [-0.15, -0.1) is 24.0 Å². The van der Waals surface area contributed by atoms with Gasteiger partial charge in [0.25, 0.3) is 0 Å². The Labute approximate surface area is 178 Å². The molecule has 3 rings (SSSR count). The van der Waals surface area contributed by atoms with Crippen LogP contribution in [0, 0.1) is 5.92 Å². The van der Waals surface area contributed by atoms with Crippen molar-refractivity contribution < 1.29 is 18.6 Å². The first-order valence-electron chi connectivity index (χ1n) is 9.55. The molecule has 1 aromatic rings. The van der Waals surface area contributed by atoms with Gasteiger partial charge < -0.3 is 29.3 Å². The van der Waals surface area contributed by atoms with E-state index in [0.29, 0.717) is 12.5 Å². The molecule has 0 amide bonds. The molecule has 27 heavy (non-hydrogen) atoms. The van der Waals surface area contributed by atoms with E-state index in [-0.39, 0.29) is 29.6 Å². The molecule has 3 heterocycles. The maximum atomic E-state index is 5.79. The minimum atomic E-state index is -0.218. The summed E-state index contributed by atoms with van der Waals surface area (Å²) in [5.74, 6) is 2.34. The minimum absolute atomic E-state index is 0. The molecule has 0 aliphatic carbocycles. The van der Waals surface area contributed by atoms with E-state index in [9.17, 15) is 0 Å². The Kier molecular flexibility index (Phi) is 9.88. The molecule has 2 saturated heterocycles. The zero-order chi connectivity index (χ0) is 18.1. The number of ether oxygens (including phenoxy) is 3. The lowest BCUT2D eigenvalue weighted by molar-refractivity contribution is -0.0828. The van der Waals surface area contributed by atoms with Crippen LogP contribution < -0.4 is 10.6 Å². The predicted octanol–water partition coefficient (Wildman–Crippen LogP) is 2.21. The summed E-state index contributed by atoms with van der Waals surface area (Å²) in [7, 11) is 1.77. The Hall–Kier alpha value is -0.840. The second kappa shape index (κ2) is 11.9. The molecule has 0 saturated carbocycles. The average molecular weight is 493 g/mol. The molecule has 0 radical (unpaired) electrons. The van der Waals surface area contributed by atoms with Crippen LogP contribution >= 0.6 is 24.0 Å². The van der Waals surface area contributed by atoms with Gasteiger partial charge >= 0.3 is 0 Å². The maximum absolute atomic E-state index is 5.79. The molecule has 0 aromatic carbocycles. The van der Waals surface area contributed by atoms with Crippen LogP contribution in [0.2, 0.25) is 0 Å². The highest BCUT2D eigenvalue weighted by molar-refractivity contribution is 14.0. The van der Waals surface area contributed by atoms with Gasteiger partial charge in [0.05, 0.1) is 25.0 Å². The summed E-state index contributed by atoms with van der Waals surface area (Å²) >= 11 is 0. The SMILES string of the molecule is COC1(CN=C(NCCc2ccco2)NCC2CCOC2)CCOCC1.I. The number of rotatable bonds is 8. The largest absolute Gasteiger partial charge is 0.469 e. The van der Waals surface area contributed by atoms with E-state index in [1.165, 1.54) is 0 Å². The van der Waals surface area contributed by atoms with Crippen LogP contribution in [0.3, 0.4) is 0 Å². The van der Waals surface area contributed by atoms with Gasteiger partial charge in [-0.25, -0.2) is 0 Å². The van der Waals surface area contributed by atoms with Crippen LogP contribution in [-0.2, 0) is 20.6 Å². The summed E-state index contributed by atoms with van der Waals surface area (Å²) < 4.78 is 22.1. The number of aliphatic imine (C=N–C) groups is 1. The third kappa shape index (κ3) is 7.24. The van der Waals surface area contributed by atoms with E-state index in [4.69, 9.17) is 23.6 Å². The third-order valence-electron chi connectivity index (χ3n) is 5.19. The summed E-state index contributed by atoms with van der Waals surface area (Å²) in [6.45, 7) is 5.42. The number of methoxy groups -OCH3 is 1. The molecule has 1 unspecified atom stereocenters. The minimum Gasteiger partial charge on any atom is -0.469 e. The Balaban J connectivity index is 0.00000261. The van der Waals surface area contributed by atoms with Crippen molar-refractivity contribution in [1.82, 2.24) is 10.6 Å². The lowest BCUT2D eigenvalue weighted by Gasteiger charge is -2.34. The number of hydrogen-bond donors (Lipinski definition) is 2. The van der Waals surface area contributed by atoms with Crippen molar-refractivity contribution in [2.75, 3.05) is 53.2 Å². The first-order valence-corrected chi connectivity index (χ1v) is 9.55. The van der Waals surface area contributed by atoms with Gasteiger partial charge in [0, 0.05) is 65.2 Å². The van der Waals surface area contributed by atoms with E-state index in [1.807, 2.05) is 12.1 Å². The standard InChI is InChI=1S/C19H31N3O4.HI/c1-23-19(6-11-24-12-7-19)15-22-18(21-13-16-5-10-25-14-16)20-8-4-17-3-2-9-26-17;/h2-3,9,16H,4-8,10-15H2,1H3,(H2,20,21,22);1H. The zero-order valence-electron chi connectivity index (χ0n) is 16.1. The van der Waals surface area contributed by atoms with E-state index < -0.39 is 0 Å². The van der Waals surface area contributed by atoms with Crippen molar-refractivity contribution in [2.24, 2.45) is 10.9 Å². The van der Waals surface area contributed by atoms with Crippen molar-refractivity contribution in [3.8, 4) is 0 Å². The molecular formula is C19H32IN3O4. The fourth-order valence-electron chi connectivity index (χ4n) is 3.31. The van der Waals surface area contributed by atoms with E-state index in [1.54, 1.807) is 13.4 Å². The number of halogens is 1. The van der Waals surface area contributed by atoms with E-state index in [2.05, 4.69) is 10.6 Å². The molecule has 2 aliphatic heterocycles. The second-order valence-electron chi connectivity index (χ2n) is 7.03. The summed E-state index contributed by atoms with van der Waals surface area (Å²) in [5, 5.41) is 6.88. The molecule has 0 spiro atoms. The third-order valence-corrected chi connectivity index (χ3v) is 5.19. The van der Waals surface area contributed by atoms with Crippen LogP contribution in [0.25, 0.3) is 0 Å². The van der Waals surface area contributed by atoms with Crippen molar-refractivity contribution in [3.63, 3.8) is 0 Å². The maximum Gasteiger partial charge on any atom is 0.191 e. The first kappa shape index (κ1) is 22.4. The van der Waals surface area contributed by atoms with Gasteiger partial charge in [-0.2, -0.15) is 0 Å². The van der Waals surface area contributed by atoms with Crippen LogP contribution in [0.5, 0.6) is 0 Å². The predicted molar refractivity (Wildman–Crippen MR) is 115 cm³/mol. The van der Waals surface area contributed by atoms with Gasteiger partial charge in [-0.3, -0.25) is 4.99 Å². The van der Waals surface area contributed by atoms with Gasteiger partial charge in [0.15, 0.2) is 5.96 Å². The van der Waals surface area contributed by atoms with Gasteiger partial charge in [0.2, 0.25) is 0 Å². The first-order chi connectivity index (χ1) is 12.8. The van der Waals surface area contributed by atoms with E-state index >= 15 is 0 Å². The fourth-order valence-corrected chi connectivity index (χ4v) is 3.31. The molecule has 1 atom stereocenters. The van der Waals surface area contributed by atoms with Crippen LogP contribution in [-0.4, -0.2) is 64.7 Å². The van der Waals surface area contributed by atoms with E-state index in [0.717, 1.165) is 76.9 Å². The monoisotopic (exact) mass is 493 g/mol. The molecule has 1 aromatic heterocycles. The van der Waals surface area contributed by atoms with Gasteiger partial charge in [-0.05, 0) is 18.6 Å². The van der Waals surface area contributed by atoms with Crippen molar-refractivity contribution in [1.29, 1.82) is 0 Å². The molecule has 8 heteroatoms. The highest BCUT2D eigenvalue weighted by Gasteiger charge is 2.32. The number of hydrogen-bond acceptors (Lipinski definition) is 5.